The third-order valence-corrected chi connectivity index (χ3v) is 6.19. The number of ether oxygens (including phenoxy) is 1. The molecular weight excluding hydrogens is 446 g/mol. The zero-order chi connectivity index (χ0) is 22.9. The Kier molecular flexibility index (Phi) is 5.55. The first kappa shape index (κ1) is 21.1. The third-order valence-electron chi connectivity index (χ3n) is 5.25. The van der Waals surface area contributed by atoms with E-state index in [1.165, 1.54) is 16.3 Å². The highest BCUT2D eigenvalue weighted by Crippen LogP contribution is 2.29. The molecule has 0 aliphatic carbocycles. The minimum atomic E-state index is -2.74. The predicted molar refractivity (Wildman–Crippen MR) is 124 cm³/mol. The number of benzene rings is 3. The zero-order valence-corrected chi connectivity index (χ0v) is 18.3. The first-order valence-corrected chi connectivity index (χ1v) is 11.1. The molecule has 2 aromatic heterocycles. The Labute approximate surface area is 191 Å². The van der Waals surface area contributed by atoms with Crippen molar-refractivity contribution < 1.29 is 13.5 Å². The van der Waals surface area contributed by atoms with Crippen LogP contribution in [0.5, 0.6) is 5.75 Å². The lowest BCUT2D eigenvalue weighted by Gasteiger charge is -2.14. The van der Waals surface area contributed by atoms with Crippen molar-refractivity contribution in [3.63, 3.8) is 0 Å². The molecule has 9 heteroatoms. The van der Waals surface area contributed by atoms with E-state index in [4.69, 9.17) is 4.74 Å². The molecule has 0 bridgehead atoms. The number of rotatable bonds is 6. The summed E-state index contributed by atoms with van der Waals surface area (Å²) in [7, 11) is 1.55. The van der Waals surface area contributed by atoms with Crippen LogP contribution in [0, 0.1) is 0 Å². The van der Waals surface area contributed by atoms with Gasteiger partial charge in [-0.05, 0) is 36.4 Å². The second-order valence-electron chi connectivity index (χ2n) is 7.21. The highest BCUT2D eigenvalue weighted by atomic mass is 32.2. The van der Waals surface area contributed by atoms with Crippen molar-refractivity contribution in [2.75, 3.05) is 7.11 Å². The van der Waals surface area contributed by atoms with Gasteiger partial charge in [-0.15, -0.1) is 0 Å². The van der Waals surface area contributed by atoms with Crippen LogP contribution in [0.1, 0.15) is 12.4 Å². The Morgan fingerprint density at radius 1 is 0.970 bits per heavy atom. The highest BCUT2D eigenvalue weighted by molar-refractivity contribution is 7.98. The van der Waals surface area contributed by atoms with Crippen LogP contribution < -0.4 is 10.3 Å². The van der Waals surface area contributed by atoms with Gasteiger partial charge in [-0.1, -0.05) is 42.1 Å². The Morgan fingerprint density at radius 3 is 2.52 bits per heavy atom. The smallest absolute Gasteiger partial charge is 0.320 e. The molecule has 0 fully saturated rings. The van der Waals surface area contributed by atoms with Crippen molar-refractivity contribution in [3.8, 4) is 11.4 Å². The number of fused-ring (bicyclic) bond motifs is 2. The maximum atomic E-state index is 13.8. The Hall–Kier alpha value is -3.72. The molecule has 0 radical (unpaired) electrons. The molecule has 0 atom stereocenters. The van der Waals surface area contributed by atoms with E-state index in [-0.39, 0.29) is 17.1 Å². The van der Waals surface area contributed by atoms with E-state index < -0.39 is 6.55 Å². The van der Waals surface area contributed by atoms with Crippen LogP contribution in [0.2, 0.25) is 0 Å². The summed E-state index contributed by atoms with van der Waals surface area (Å²) in [5.74, 6) is 0.895. The summed E-state index contributed by atoms with van der Waals surface area (Å²) in [5, 5.41) is 0.837. The fourth-order valence-corrected chi connectivity index (χ4v) is 4.67. The summed E-state index contributed by atoms with van der Waals surface area (Å²) in [6.45, 7) is -2.74. The van der Waals surface area contributed by atoms with Gasteiger partial charge in [0, 0.05) is 6.07 Å². The fourth-order valence-electron chi connectivity index (χ4n) is 3.73. The van der Waals surface area contributed by atoms with E-state index in [0.717, 1.165) is 4.57 Å². The monoisotopic (exact) mass is 464 g/mol. The lowest BCUT2D eigenvalue weighted by Crippen LogP contribution is -2.22. The number of halogens is 2. The lowest BCUT2D eigenvalue weighted by molar-refractivity contribution is 0.0722. The van der Waals surface area contributed by atoms with Crippen LogP contribution in [0.15, 0.2) is 82.7 Å². The van der Waals surface area contributed by atoms with E-state index in [1.54, 1.807) is 79.9 Å². The van der Waals surface area contributed by atoms with Crippen LogP contribution >= 0.6 is 11.8 Å². The average molecular weight is 464 g/mol. The number of alkyl halides is 2. The number of nitrogens with zero attached hydrogens (tertiary/aromatic N) is 4. The van der Waals surface area contributed by atoms with Gasteiger partial charge in [0.05, 0.1) is 40.5 Å². The molecule has 5 aromatic rings. The molecule has 3 aromatic carbocycles. The van der Waals surface area contributed by atoms with Gasteiger partial charge in [0.15, 0.2) is 5.16 Å². The summed E-state index contributed by atoms with van der Waals surface area (Å²) in [6, 6.07) is 20.9. The largest absolute Gasteiger partial charge is 0.497 e. The van der Waals surface area contributed by atoms with Gasteiger partial charge >= 0.3 is 6.55 Å². The molecule has 33 heavy (non-hydrogen) atoms. The fraction of sp³-hybridized carbons (Fsp3) is 0.125. The van der Waals surface area contributed by atoms with Crippen molar-refractivity contribution in [1.82, 2.24) is 19.1 Å². The standard InChI is InChI=1S/C24H18F2N4O2S/c1-32-16-8-6-7-15(13-16)29-22(31)17-9-2-3-10-18(17)28-24(29)33-14-21-27-19-11-4-5-12-20(19)30(21)23(25)26/h2-13,23H,14H2,1H3. The van der Waals surface area contributed by atoms with Crippen LogP contribution in [-0.2, 0) is 5.75 Å². The molecule has 0 aliphatic rings. The molecule has 0 saturated carbocycles. The number of methoxy groups -OCH3 is 1. The van der Waals surface area contributed by atoms with Crippen molar-refractivity contribution in [3.05, 3.63) is 89.0 Å². The van der Waals surface area contributed by atoms with Crippen LogP contribution in [0.25, 0.3) is 27.6 Å². The minimum absolute atomic E-state index is 0.105. The number of aromatic nitrogens is 4. The van der Waals surface area contributed by atoms with E-state index in [9.17, 15) is 13.6 Å². The Morgan fingerprint density at radius 2 is 1.73 bits per heavy atom. The second-order valence-corrected chi connectivity index (χ2v) is 8.15. The molecular formula is C24H18F2N4O2S. The van der Waals surface area contributed by atoms with Gasteiger partial charge in [-0.2, -0.15) is 8.78 Å². The summed E-state index contributed by atoms with van der Waals surface area (Å²) >= 11 is 1.18. The molecule has 0 unspecified atom stereocenters. The van der Waals surface area contributed by atoms with Crippen LogP contribution in [0.4, 0.5) is 8.78 Å². The van der Waals surface area contributed by atoms with Gasteiger partial charge in [-0.3, -0.25) is 13.9 Å². The number of para-hydroxylation sites is 3. The highest BCUT2D eigenvalue weighted by Gasteiger charge is 2.20. The molecule has 0 spiro atoms. The zero-order valence-electron chi connectivity index (χ0n) is 17.5. The summed E-state index contributed by atoms with van der Waals surface area (Å²) in [5.41, 5.74) is 1.71. The lowest BCUT2D eigenvalue weighted by atomic mass is 10.2. The maximum absolute atomic E-state index is 13.8. The average Bonchev–Trinajstić information content (AvgIpc) is 3.21. The number of thioether (sulfide) groups is 1. The van der Waals surface area contributed by atoms with E-state index in [1.807, 2.05) is 0 Å². The van der Waals surface area contributed by atoms with Crippen molar-refractivity contribution >= 4 is 33.7 Å². The Bertz CT molecular complexity index is 1530. The number of hydrogen-bond donors (Lipinski definition) is 0. The Balaban J connectivity index is 1.63. The molecule has 166 valence electrons. The van der Waals surface area contributed by atoms with Gasteiger partial charge in [0.25, 0.3) is 5.56 Å². The van der Waals surface area contributed by atoms with Crippen LogP contribution in [0.3, 0.4) is 0 Å². The van der Waals surface area contributed by atoms with Gasteiger partial charge in [-0.25, -0.2) is 9.97 Å². The van der Waals surface area contributed by atoms with Crippen molar-refractivity contribution in [2.24, 2.45) is 0 Å². The SMILES string of the molecule is COc1cccc(-n2c(SCc3nc4ccccc4n3C(F)F)nc3ccccc3c2=O)c1. The van der Waals surface area contributed by atoms with Crippen molar-refractivity contribution in [1.29, 1.82) is 0 Å². The summed E-state index contributed by atoms with van der Waals surface area (Å²) < 4.78 is 35.4. The molecule has 2 heterocycles. The third kappa shape index (κ3) is 3.84. The van der Waals surface area contributed by atoms with E-state index in [0.29, 0.717) is 38.5 Å². The minimum Gasteiger partial charge on any atom is -0.497 e. The molecule has 0 N–H and O–H groups in total. The summed E-state index contributed by atoms with van der Waals surface area (Å²) in [4.78, 5) is 22.5. The van der Waals surface area contributed by atoms with Crippen molar-refractivity contribution in [2.45, 2.75) is 17.5 Å². The molecule has 0 aliphatic heterocycles. The van der Waals surface area contributed by atoms with Crippen LogP contribution in [-0.4, -0.2) is 26.2 Å². The molecule has 0 amide bonds. The number of imidazole rings is 1. The molecule has 5 rings (SSSR count). The normalized spacial score (nSPS) is 11.5. The van der Waals surface area contributed by atoms with Gasteiger partial charge < -0.3 is 4.74 Å². The first-order chi connectivity index (χ1) is 16.1. The topological polar surface area (TPSA) is 61.9 Å². The summed E-state index contributed by atoms with van der Waals surface area (Å²) in [6.07, 6.45) is 0. The van der Waals surface area contributed by atoms with Gasteiger partial charge in [0.2, 0.25) is 0 Å². The first-order valence-electron chi connectivity index (χ1n) is 10.1. The second kappa shape index (κ2) is 8.67. The van der Waals surface area contributed by atoms with E-state index in [2.05, 4.69) is 9.97 Å². The van der Waals surface area contributed by atoms with E-state index >= 15 is 0 Å². The number of hydrogen-bond acceptors (Lipinski definition) is 5. The molecule has 6 nitrogen and oxygen atoms in total. The quantitative estimate of drug-likeness (QED) is 0.248. The predicted octanol–water partition coefficient (Wildman–Crippen LogP) is 5.43. The molecule has 0 saturated heterocycles. The maximum Gasteiger partial charge on any atom is 0.320 e. The van der Waals surface area contributed by atoms with Gasteiger partial charge in [0.1, 0.15) is 11.6 Å².